The summed E-state index contributed by atoms with van der Waals surface area (Å²) in [5.41, 5.74) is 3.43. The minimum Gasteiger partial charge on any atom is -0.496 e. The van der Waals surface area contributed by atoms with Gasteiger partial charge in [0.25, 0.3) is 5.91 Å². The van der Waals surface area contributed by atoms with Gasteiger partial charge in [0.05, 0.1) is 45.4 Å². The maximum atomic E-state index is 12.7. The van der Waals surface area contributed by atoms with Crippen LogP contribution in [0.5, 0.6) is 23.0 Å². The highest BCUT2D eigenvalue weighted by Gasteiger charge is 2.27. The average molecular weight is 460 g/mol. The number of nitrogens with one attached hydrogen (secondary N) is 2. The van der Waals surface area contributed by atoms with E-state index in [1.807, 2.05) is 0 Å². The molecule has 1 unspecified atom stereocenters. The molecule has 34 heavy (non-hydrogen) atoms. The number of carbonyl (C=O) groups excluding carboxylic acids is 1. The van der Waals surface area contributed by atoms with Crippen molar-refractivity contribution in [3.63, 3.8) is 0 Å². The summed E-state index contributed by atoms with van der Waals surface area (Å²) in [4.78, 5) is 15.8. The third-order valence-electron chi connectivity index (χ3n) is 5.45. The van der Waals surface area contributed by atoms with Gasteiger partial charge in [0.2, 0.25) is 0 Å². The second-order valence-corrected chi connectivity index (χ2v) is 7.32. The van der Waals surface area contributed by atoms with Gasteiger partial charge in [-0.1, -0.05) is 17.9 Å². The molecule has 2 aromatic carbocycles. The molecule has 0 radical (unpaired) electrons. The lowest BCUT2D eigenvalue weighted by molar-refractivity contribution is -0.110. The van der Waals surface area contributed by atoms with E-state index in [1.54, 1.807) is 55.8 Å². The number of methoxy groups -OCH3 is 4. The molecular weight excluding hydrogens is 436 g/mol. The van der Waals surface area contributed by atoms with Crippen LogP contribution in [0, 0.1) is 11.8 Å². The summed E-state index contributed by atoms with van der Waals surface area (Å²) in [5.74, 6) is 7.57. The normalized spacial score (nSPS) is 14.0. The topological polar surface area (TPSA) is 102 Å². The van der Waals surface area contributed by atoms with Crippen LogP contribution in [-0.2, 0) is 4.79 Å². The Balaban J connectivity index is 1.75. The number of amides is 1. The van der Waals surface area contributed by atoms with Crippen molar-refractivity contribution in [2.24, 2.45) is 0 Å². The summed E-state index contributed by atoms with van der Waals surface area (Å²) in [5, 5.41) is 13.7. The molecule has 3 aromatic rings. The van der Waals surface area contributed by atoms with Crippen molar-refractivity contribution in [1.29, 1.82) is 0 Å². The number of fused-ring (bicyclic) bond motifs is 1. The average Bonchev–Trinajstić information content (AvgIpc) is 3.45. The summed E-state index contributed by atoms with van der Waals surface area (Å²) in [6.07, 6.45) is 2.28. The molecule has 8 heteroatoms. The van der Waals surface area contributed by atoms with E-state index in [9.17, 15) is 9.90 Å². The minimum absolute atomic E-state index is 0.247. The Labute approximate surface area is 197 Å². The molecule has 0 bridgehead atoms. The van der Waals surface area contributed by atoms with Crippen molar-refractivity contribution in [3.05, 3.63) is 65.0 Å². The summed E-state index contributed by atoms with van der Waals surface area (Å²) >= 11 is 0. The minimum atomic E-state index is -1.17. The molecule has 0 saturated carbocycles. The second kappa shape index (κ2) is 9.65. The number of hydrogen-bond acceptors (Lipinski definition) is 6. The van der Waals surface area contributed by atoms with E-state index < -0.39 is 6.10 Å². The molecule has 3 N–H and O–H groups in total. The molecule has 174 valence electrons. The fourth-order valence-electron chi connectivity index (χ4n) is 3.79. The Morgan fingerprint density at radius 1 is 0.941 bits per heavy atom. The monoisotopic (exact) mass is 460 g/mol. The van der Waals surface area contributed by atoms with E-state index in [0.29, 0.717) is 56.6 Å². The fourth-order valence-corrected chi connectivity index (χ4v) is 3.79. The van der Waals surface area contributed by atoms with Gasteiger partial charge in [0.15, 0.2) is 11.5 Å². The number of hydrogen-bond donors (Lipinski definition) is 3. The molecule has 0 spiro atoms. The van der Waals surface area contributed by atoms with Gasteiger partial charge in [-0.2, -0.15) is 0 Å². The largest absolute Gasteiger partial charge is 0.496 e. The van der Waals surface area contributed by atoms with Crippen molar-refractivity contribution in [2.75, 3.05) is 33.8 Å². The number of carbonyl (C=O) groups is 1. The molecule has 0 aliphatic carbocycles. The number of aliphatic hydroxyl groups excluding tert-OH is 1. The molecule has 4 rings (SSSR count). The molecule has 0 fully saturated rings. The van der Waals surface area contributed by atoms with Crippen LogP contribution < -0.4 is 24.3 Å². The van der Waals surface area contributed by atoms with E-state index in [1.165, 1.54) is 21.3 Å². The third kappa shape index (κ3) is 4.17. The number of rotatable bonds is 6. The number of aromatic nitrogens is 1. The first-order chi connectivity index (χ1) is 16.5. The second-order valence-electron chi connectivity index (χ2n) is 7.32. The van der Waals surface area contributed by atoms with Gasteiger partial charge in [0, 0.05) is 29.0 Å². The van der Waals surface area contributed by atoms with Gasteiger partial charge in [-0.05, 0) is 30.3 Å². The molecule has 2 heterocycles. The Morgan fingerprint density at radius 3 is 2.35 bits per heavy atom. The van der Waals surface area contributed by atoms with Gasteiger partial charge < -0.3 is 34.4 Å². The summed E-state index contributed by atoms with van der Waals surface area (Å²) < 4.78 is 21.4. The maximum absolute atomic E-state index is 12.7. The number of aromatic amines is 1. The van der Waals surface area contributed by atoms with Gasteiger partial charge in [0.1, 0.15) is 17.6 Å². The van der Waals surface area contributed by atoms with Crippen LogP contribution >= 0.6 is 0 Å². The van der Waals surface area contributed by atoms with Gasteiger partial charge in [-0.15, -0.1) is 0 Å². The molecule has 1 atom stereocenters. The predicted molar refractivity (Wildman–Crippen MR) is 128 cm³/mol. The van der Waals surface area contributed by atoms with Crippen LogP contribution in [0.25, 0.3) is 11.6 Å². The highest BCUT2D eigenvalue weighted by atomic mass is 16.5. The SMILES string of the molecule is COc1cc(OC)c(C(O)C#Cc2cccc3c2/C(=C/c2[nH]ccc2OC)C(=O)N3)cc1OC. The number of H-pyrrole nitrogens is 1. The molecule has 0 saturated heterocycles. The van der Waals surface area contributed by atoms with Crippen LogP contribution in [0.4, 0.5) is 5.69 Å². The third-order valence-corrected chi connectivity index (χ3v) is 5.45. The van der Waals surface area contributed by atoms with Crippen LogP contribution in [0.1, 0.15) is 28.5 Å². The molecule has 1 aromatic heterocycles. The predicted octanol–water partition coefficient (Wildman–Crippen LogP) is 3.63. The maximum Gasteiger partial charge on any atom is 0.256 e. The summed E-state index contributed by atoms with van der Waals surface area (Å²) in [6.45, 7) is 0. The summed E-state index contributed by atoms with van der Waals surface area (Å²) in [6, 6.07) is 10.4. The number of benzene rings is 2. The number of anilines is 1. The first-order valence-electron chi connectivity index (χ1n) is 10.4. The molecular formula is C26H24N2O6. The van der Waals surface area contributed by atoms with Crippen molar-refractivity contribution in [2.45, 2.75) is 6.10 Å². The van der Waals surface area contributed by atoms with Crippen LogP contribution in [-0.4, -0.2) is 44.4 Å². The molecule has 1 amide bonds. The van der Waals surface area contributed by atoms with Crippen molar-refractivity contribution < 1.29 is 28.8 Å². The van der Waals surface area contributed by atoms with E-state index in [4.69, 9.17) is 18.9 Å². The Hall–Kier alpha value is -4.35. The van der Waals surface area contributed by atoms with E-state index >= 15 is 0 Å². The van der Waals surface area contributed by atoms with Gasteiger partial charge in [-0.3, -0.25) is 4.79 Å². The fraction of sp³-hybridized carbons (Fsp3) is 0.192. The van der Waals surface area contributed by atoms with Gasteiger partial charge in [-0.25, -0.2) is 0 Å². The van der Waals surface area contributed by atoms with E-state index in [-0.39, 0.29) is 5.91 Å². The summed E-state index contributed by atoms with van der Waals surface area (Å²) in [7, 11) is 6.09. The smallest absolute Gasteiger partial charge is 0.256 e. The Morgan fingerprint density at radius 2 is 1.65 bits per heavy atom. The van der Waals surface area contributed by atoms with Crippen molar-refractivity contribution in [1.82, 2.24) is 4.98 Å². The van der Waals surface area contributed by atoms with Crippen LogP contribution in [0.2, 0.25) is 0 Å². The number of aliphatic hydroxyl groups is 1. The zero-order valence-electron chi connectivity index (χ0n) is 19.2. The molecule has 8 nitrogen and oxygen atoms in total. The Kier molecular flexibility index (Phi) is 6.48. The Bertz CT molecular complexity index is 1330. The van der Waals surface area contributed by atoms with Crippen LogP contribution in [0.15, 0.2) is 42.6 Å². The highest BCUT2D eigenvalue weighted by molar-refractivity contribution is 6.35. The van der Waals surface area contributed by atoms with E-state index in [0.717, 1.165) is 0 Å². The molecule has 1 aliphatic heterocycles. The first-order valence-corrected chi connectivity index (χ1v) is 10.4. The van der Waals surface area contributed by atoms with E-state index in [2.05, 4.69) is 22.1 Å². The van der Waals surface area contributed by atoms with Crippen molar-refractivity contribution in [3.8, 4) is 34.8 Å². The number of ether oxygens (including phenoxy) is 4. The highest BCUT2D eigenvalue weighted by Crippen LogP contribution is 2.38. The van der Waals surface area contributed by atoms with Crippen molar-refractivity contribution >= 4 is 23.2 Å². The quantitative estimate of drug-likeness (QED) is 0.384. The van der Waals surface area contributed by atoms with Crippen LogP contribution in [0.3, 0.4) is 0 Å². The first kappa shape index (κ1) is 22.8. The zero-order chi connectivity index (χ0) is 24.2. The lowest BCUT2D eigenvalue weighted by Crippen LogP contribution is -2.03. The zero-order valence-corrected chi connectivity index (χ0v) is 19.2. The lowest BCUT2D eigenvalue weighted by atomic mass is 9.99. The lowest BCUT2D eigenvalue weighted by Gasteiger charge is -2.15. The molecule has 1 aliphatic rings. The standard InChI is InChI=1S/C26H24N2O6/c1-31-21-10-11-27-19(21)12-17-25-15(6-5-7-18(25)28-26(17)30)8-9-20(29)16-13-23(33-3)24(34-4)14-22(16)32-2/h5-7,10-14,20,27,29H,1-4H3,(H,28,30)/b17-12-. The van der Waals surface area contributed by atoms with Gasteiger partial charge >= 0.3 is 0 Å².